The molecule has 0 bridgehead atoms. The molecule has 0 fully saturated rings. The molecule has 0 spiro atoms. The van der Waals surface area contributed by atoms with Gasteiger partial charge in [0.15, 0.2) is 0 Å². The summed E-state index contributed by atoms with van der Waals surface area (Å²) in [5, 5.41) is 43.9. The molecular weight excluding hydrogens is 329 g/mol. The molecule has 0 amide bonds. The molecule has 0 saturated carbocycles. The summed E-state index contributed by atoms with van der Waals surface area (Å²) in [4.78, 5) is 0. The summed E-state index contributed by atoms with van der Waals surface area (Å²) in [6, 6.07) is 10.5. The predicted molar refractivity (Wildman–Crippen MR) is 67.7 cm³/mol. The van der Waals surface area contributed by atoms with Gasteiger partial charge in [-0.2, -0.15) is 31.6 Å². The average molecular weight is 347 g/mol. The molecule has 0 aliphatic rings. The normalized spacial score (nSPS) is 2.53. The van der Waals surface area contributed by atoms with Gasteiger partial charge in [-0.25, -0.2) is 0 Å². The second kappa shape index (κ2) is 260. The smallest absolute Gasteiger partial charge is 0.199 e. The van der Waals surface area contributed by atoms with Crippen LogP contribution in [0.3, 0.4) is 0 Å². The Morgan fingerprint density at radius 3 is 0.368 bits per heavy atom. The number of hydrogen-bond donors (Lipinski definition) is 0. The molecule has 0 heterocycles. The maximum Gasteiger partial charge on any atom is 2.00 e. The molecule has 0 radical (unpaired) electrons. The van der Waals surface area contributed by atoms with Crippen LogP contribution in [0, 0.1) is 68.0 Å². The molecule has 7 heteroatoms. The zero-order valence-electron chi connectivity index (χ0n) is 12.0. The van der Waals surface area contributed by atoms with E-state index in [-0.39, 0.29) is 19.5 Å². The minimum absolute atomic E-state index is 0. The fraction of sp³-hybridized carbons (Fsp3) is 0.500. The Labute approximate surface area is 129 Å². The van der Waals surface area contributed by atoms with E-state index in [1.807, 2.05) is 0 Å². The van der Waals surface area contributed by atoms with Crippen LogP contribution >= 0.6 is 0 Å². The van der Waals surface area contributed by atoms with Crippen LogP contribution in [0.5, 0.6) is 0 Å². The summed E-state index contributed by atoms with van der Waals surface area (Å²) in [7, 11) is 0. The Hall–Kier alpha value is -2.44. The Morgan fingerprint density at radius 1 is 0.368 bits per heavy atom. The molecular formula is C12H18N6Ru+2. The molecule has 19 heavy (non-hydrogen) atoms. The van der Waals surface area contributed by atoms with Crippen molar-refractivity contribution in [2.75, 3.05) is 0 Å². The second-order valence-electron chi connectivity index (χ2n) is 1.34. The van der Waals surface area contributed by atoms with Crippen LogP contribution in [0.1, 0.15) is 41.5 Å². The van der Waals surface area contributed by atoms with Gasteiger partial charge in [0.1, 0.15) is 0 Å². The van der Waals surface area contributed by atoms with Crippen LogP contribution in [-0.2, 0) is 19.5 Å². The SMILES string of the molecule is CC#N.CC#N.CC#N.CC#N.CC#N.CC#N.[Ru+2]. The van der Waals surface area contributed by atoms with Gasteiger partial charge in [-0.15, -0.1) is 0 Å². The summed E-state index contributed by atoms with van der Waals surface area (Å²) < 4.78 is 0. The first-order valence-electron chi connectivity index (χ1n) is 4.34. The second-order valence-corrected chi connectivity index (χ2v) is 1.34. The van der Waals surface area contributed by atoms with Gasteiger partial charge < -0.3 is 0 Å². The first kappa shape index (κ1) is 43.9. The molecule has 0 aliphatic carbocycles. The van der Waals surface area contributed by atoms with Gasteiger partial charge in [0.2, 0.25) is 0 Å². The maximum absolute atomic E-state index is 7.32. The summed E-state index contributed by atoms with van der Waals surface area (Å²) in [5.41, 5.74) is 0. The number of hydrogen-bond acceptors (Lipinski definition) is 6. The zero-order valence-corrected chi connectivity index (χ0v) is 13.8. The average Bonchev–Trinajstić information content (AvgIpc) is 2.23. The zero-order chi connectivity index (χ0) is 16.2. The van der Waals surface area contributed by atoms with Crippen molar-refractivity contribution in [1.82, 2.24) is 0 Å². The van der Waals surface area contributed by atoms with Crippen molar-refractivity contribution < 1.29 is 19.5 Å². The van der Waals surface area contributed by atoms with Crippen LogP contribution in [0.25, 0.3) is 0 Å². The predicted octanol–water partition coefficient (Wildman–Crippen LogP) is 3.18. The van der Waals surface area contributed by atoms with Crippen LogP contribution in [0.4, 0.5) is 0 Å². The standard InChI is InChI=1S/6C2H3N.Ru/c6*1-2-3;/h6*1H3;/q;;;;;;+2. The quantitative estimate of drug-likeness (QED) is 0.616. The number of nitrogens with zero attached hydrogens (tertiary/aromatic N) is 6. The van der Waals surface area contributed by atoms with E-state index in [1.165, 1.54) is 41.5 Å². The van der Waals surface area contributed by atoms with E-state index in [1.54, 1.807) is 36.4 Å². The van der Waals surface area contributed by atoms with Crippen LogP contribution in [-0.4, -0.2) is 0 Å². The van der Waals surface area contributed by atoms with Gasteiger partial charge in [-0.05, 0) is 0 Å². The summed E-state index contributed by atoms with van der Waals surface area (Å²) in [6.45, 7) is 8.58. The summed E-state index contributed by atoms with van der Waals surface area (Å²) in [6.07, 6.45) is 0. The van der Waals surface area contributed by atoms with Gasteiger partial charge in [-0.1, -0.05) is 0 Å². The van der Waals surface area contributed by atoms with Crippen molar-refractivity contribution >= 4 is 0 Å². The number of nitriles is 6. The van der Waals surface area contributed by atoms with Gasteiger partial charge >= 0.3 is 19.5 Å². The third kappa shape index (κ3) is 482. The molecule has 0 aliphatic heterocycles. The fourth-order valence-electron chi connectivity index (χ4n) is 0. The van der Waals surface area contributed by atoms with Crippen LogP contribution < -0.4 is 0 Å². The molecule has 0 saturated heterocycles. The number of rotatable bonds is 0. The molecule has 0 N–H and O–H groups in total. The van der Waals surface area contributed by atoms with E-state index in [0.717, 1.165) is 0 Å². The van der Waals surface area contributed by atoms with Crippen molar-refractivity contribution in [3.8, 4) is 36.4 Å². The van der Waals surface area contributed by atoms with Gasteiger partial charge in [0.05, 0.1) is 36.4 Å². The van der Waals surface area contributed by atoms with Gasteiger partial charge in [0, 0.05) is 41.5 Å². The molecule has 0 aromatic carbocycles. The van der Waals surface area contributed by atoms with E-state index in [9.17, 15) is 0 Å². The van der Waals surface area contributed by atoms with E-state index >= 15 is 0 Å². The molecule has 0 aromatic rings. The first-order chi connectivity index (χ1) is 8.49. The minimum Gasteiger partial charge on any atom is -0.199 e. The maximum atomic E-state index is 7.32. The summed E-state index contributed by atoms with van der Waals surface area (Å²) in [5.74, 6) is 0. The molecule has 0 rings (SSSR count). The van der Waals surface area contributed by atoms with Crippen molar-refractivity contribution in [3.05, 3.63) is 0 Å². The van der Waals surface area contributed by atoms with Crippen LogP contribution in [0.15, 0.2) is 0 Å². The summed E-state index contributed by atoms with van der Waals surface area (Å²) >= 11 is 0. The fourth-order valence-corrected chi connectivity index (χ4v) is 0. The molecule has 0 unspecified atom stereocenters. The largest absolute Gasteiger partial charge is 2.00 e. The van der Waals surface area contributed by atoms with E-state index in [4.69, 9.17) is 31.6 Å². The third-order valence-corrected chi connectivity index (χ3v) is 0. The van der Waals surface area contributed by atoms with E-state index in [0.29, 0.717) is 0 Å². The topological polar surface area (TPSA) is 143 Å². The Morgan fingerprint density at radius 2 is 0.368 bits per heavy atom. The molecule has 0 atom stereocenters. The molecule has 6 nitrogen and oxygen atoms in total. The van der Waals surface area contributed by atoms with Crippen LogP contribution in [0.2, 0.25) is 0 Å². The Bertz CT molecular complexity index is 244. The molecule has 102 valence electrons. The minimum atomic E-state index is 0. The van der Waals surface area contributed by atoms with Crippen molar-refractivity contribution in [1.29, 1.82) is 31.6 Å². The molecule has 0 aromatic heterocycles. The van der Waals surface area contributed by atoms with E-state index in [2.05, 4.69) is 0 Å². The Kier molecular flexibility index (Phi) is 600. The third-order valence-electron chi connectivity index (χ3n) is 0. The van der Waals surface area contributed by atoms with Crippen molar-refractivity contribution in [2.45, 2.75) is 41.5 Å². The first-order valence-corrected chi connectivity index (χ1v) is 4.34. The van der Waals surface area contributed by atoms with Crippen molar-refractivity contribution in [2.24, 2.45) is 0 Å². The van der Waals surface area contributed by atoms with E-state index < -0.39 is 0 Å². The van der Waals surface area contributed by atoms with Crippen molar-refractivity contribution in [3.63, 3.8) is 0 Å². The van der Waals surface area contributed by atoms with Gasteiger partial charge in [-0.3, -0.25) is 0 Å². The van der Waals surface area contributed by atoms with Gasteiger partial charge in [0.25, 0.3) is 0 Å². The monoisotopic (exact) mass is 348 g/mol. The Balaban J connectivity index is -0.0000000180.